The van der Waals surface area contributed by atoms with Crippen LogP contribution in [-0.2, 0) is 6.54 Å². The topological polar surface area (TPSA) is 75.1 Å². The highest BCUT2D eigenvalue weighted by molar-refractivity contribution is 14.0. The highest BCUT2D eigenvalue weighted by Gasteiger charge is 2.08. The normalized spacial score (nSPS) is 11.9. The van der Waals surface area contributed by atoms with E-state index in [2.05, 4.69) is 15.6 Å². The van der Waals surface area contributed by atoms with Crippen molar-refractivity contribution in [3.8, 4) is 11.5 Å². The third-order valence-corrected chi connectivity index (χ3v) is 3.89. The monoisotopic (exact) mass is 485 g/mol. The van der Waals surface area contributed by atoms with Crippen LogP contribution in [0.2, 0.25) is 0 Å². The van der Waals surface area contributed by atoms with E-state index in [1.165, 1.54) is 0 Å². The number of guanidine groups is 1. The number of hydrogen-bond acceptors (Lipinski definition) is 4. The summed E-state index contributed by atoms with van der Waals surface area (Å²) in [5.74, 6) is 2.25. The Labute approximate surface area is 178 Å². The fraction of sp³-hybridized carbons (Fsp3) is 0.350. The molecule has 0 bridgehead atoms. The van der Waals surface area contributed by atoms with Crippen LogP contribution < -0.4 is 20.1 Å². The maximum absolute atomic E-state index is 10.3. The van der Waals surface area contributed by atoms with Gasteiger partial charge >= 0.3 is 0 Å². The van der Waals surface area contributed by atoms with Crippen LogP contribution in [0.5, 0.6) is 11.5 Å². The molecular weight excluding hydrogens is 457 g/mol. The Morgan fingerprint density at radius 3 is 2.04 bits per heavy atom. The molecule has 1 unspecified atom stereocenters. The fourth-order valence-electron chi connectivity index (χ4n) is 2.38. The van der Waals surface area contributed by atoms with Gasteiger partial charge in [-0.3, -0.25) is 0 Å². The smallest absolute Gasteiger partial charge is 0.191 e. The Kier molecular flexibility index (Phi) is 10.6. The van der Waals surface area contributed by atoms with Gasteiger partial charge in [0.05, 0.1) is 26.9 Å². The summed E-state index contributed by atoms with van der Waals surface area (Å²) in [4.78, 5) is 4.55. The highest BCUT2D eigenvalue weighted by atomic mass is 127. The first kappa shape index (κ1) is 23.0. The molecule has 0 saturated heterocycles. The third-order valence-electron chi connectivity index (χ3n) is 3.89. The van der Waals surface area contributed by atoms with Crippen LogP contribution in [0.3, 0.4) is 0 Å². The zero-order chi connectivity index (χ0) is 18.8. The Morgan fingerprint density at radius 2 is 1.52 bits per heavy atom. The lowest BCUT2D eigenvalue weighted by molar-refractivity contribution is 0.180. The maximum atomic E-state index is 10.3. The van der Waals surface area contributed by atoms with E-state index in [1.807, 2.05) is 55.5 Å². The molecule has 2 aromatic rings. The largest absolute Gasteiger partial charge is 0.497 e. The predicted octanol–water partition coefficient (Wildman–Crippen LogP) is 3.11. The van der Waals surface area contributed by atoms with Crippen molar-refractivity contribution in [1.29, 1.82) is 0 Å². The molecule has 0 heterocycles. The van der Waals surface area contributed by atoms with Gasteiger partial charge in [0.1, 0.15) is 11.5 Å². The summed E-state index contributed by atoms with van der Waals surface area (Å²) >= 11 is 0. The number of methoxy groups -OCH3 is 2. The number of nitrogens with one attached hydrogen (secondary N) is 2. The van der Waals surface area contributed by atoms with Gasteiger partial charge in [-0.25, -0.2) is 4.99 Å². The molecule has 0 spiro atoms. The number of hydrogen-bond donors (Lipinski definition) is 3. The van der Waals surface area contributed by atoms with E-state index >= 15 is 0 Å². The number of aliphatic hydroxyl groups excluding tert-OH is 1. The molecule has 0 radical (unpaired) electrons. The molecule has 0 aliphatic heterocycles. The molecule has 0 aliphatic rings. The summed E-state index contributed by atoms with van der Waals surface area (Å²) in [5, 5.41) is 16.7. The molecule has 3 N–H and O–H groups in total. The van der Waals surface area contributed by atoms with Gasteiger partial charge in [-0.1, -0.05) is 24.3 Å². The first-order valence-corrected chi connectivity index (χ1v) is 8.63. The van der Waals surface area contributed by atoms with Crippen molar-refractivity contribution < 1.29 is 14.6 Å². The first-order chi connectivity index (χ1) is 12.7. The SMILES string of the molecule is CCNC(=NCc1ccc(OC)cc1)NCC(O)c1ccc(OC)cc1.I. The molecule has 2 rings (SSSR count). The van der Waals surface area contributed by atoms with Crippen LogP contribution in [0.4, 0.5) is 0 Å². The number of ether oxygens (including phenoxy) is 2. The van der Waals surface area contributed by atoms with Crippen molar-refractivity contribution in [2.45, 2.75) is 19.6 Å². The summed E-state index contributed by atoms with van der Waals surface area (Å²) in [6.45, 7) is 3.65. The number of benzene rings is 2. The van der Waals surface area contributed by atoms with Gasteiger partial charge in [-0.2, -0.15) is 0 Å². The molecule has 0 fully saturated rings. The molecule has 27 heavy (non-hydrogen) atoms. The average Bonchev–Trinajstić information content (AvgIpc) is 2.70. The van der Waals surface area contributed by atoms with Crippen molar-refractivity contribution in [3.63, 3.8) is 0 Å². The van der Waals surface area contributed by atoms with Crippen LogP contribution in [0.15, 0.2) is 53.5 Å². The standard InChI is InChI=1S/C20H27N3O3.HI/c1-4-21-20(22-13-15-5-9-17(25-2)10-6-15)23-14-19(24)16-7-11-18(26-3)12-8-16;/h5-12,19,24H,4,13-14H2,1-3H3,(H2,21,22,23);1H. The van der Waals surface area contributed by atoms with Gasteiger partial charge < -0.3 is 25.2 Å². The zero-order valence-corrected chi connectivity index (χ0v) is 18.3. The first-order valence-electron chi connectivity index (χ1n) is 8.63. The zero-order valence-electron chi connectivity index (χ0n) is 15.9. The summed E-state index contributed by atoms with van der Waals surface area (Å²) in [5.41, 5.74) is 1.91. The Morgan fingerprint density at radius 1 is 0.963 bits per heavy atom. The lowest BCUT2D eigenvalue weighted by Gasteiger charge is -2.16. The number of aliphatic imine (C=N–C) groups is 1. The van der Waals surface area contributed by atoms with Gasteiger partial charge in [0.15, 0.2) is 5.96 Å². The Hall–Kier alpha value is -2.00. The lowest BCUT2D eigenvalue weighted by Crippen LogP contribution is -2.39. The second-order valence-electron chi connectivity index (χ2n) is 5.71. The molecule has 2 aromatic carbocycles. The lowest BCUT2D eigenvalue weighted by atomic mass is 10.1. The van der Waals surface area contributed by atoms with Crippen LogP contribution in [0, 0.1) is 0 Å². The fourth-order valence-corrected chi connectivity index (χ4v) is 2.38. The number of nitrogens with zero attached hydrogens (tertiary/aromatic N) is 1. The summed E-state index contributed by atoms with van der Waals surface area (Å²) < 4.78 is 10.3. The molecule has 0 amide bonds. The van der Waals surface area contributed by atoms with Gasteiger partial charge in [0.2, 0.25) is 0 Å². The molecule has 148 valence electrons. The maximum Gasteiger partial charge on any atom is 0.191 e. The quantitative estimate of drug-likeness (QED) is 0.305. The van der Waals surface area contributed by atoms with Crippen LogP contribution in [0.25, 0.3) is 0 Å². The number of halogens is 1. The number of aliphatic hydroxyl groups is 1. The second kappa shape index (κ2) is 12.4. The van der Waals surface area contributed by atoms with E-state index in [0.717, 1.165) is 29.2 Å². The van der Waals surface area contributed by atoms with Crippen molar-refractivity contribution in [3.05, 3.63) is 59.7 Å². The van der Waals surface area contributed by atoms with Gasteiger partial charge in [-0.05, 0) is 42.3 Å². The average molecular weight is 485 g/mol. The Bertz CT molecular complexity index is 691. The van der Waals surface area contributed by atoms with Gasteiger partial charge in [0, 0.05) is 13.1 Å². The summed E-state index contributed by atoms with van der Waals surface area (Å²) in [6.07, 6.45) is -0.634. The van der Waals surface area contributed by atoms with Crippen molar-refractivity contribution in [2.24, 2.45) is 4.99 Å². The molecule has 0 aromatic heterocycles. The third kappa shape index (κ3) is 7.64. The molecule has 7 heteroatoms. The van der Waals surface area contributed by atoms with Gasteiger partial charge in [-0.15, -0.1) is 24.0 Å². The second-order valence-corrected chi connectivity index (χ2v) is 5.71. The van der Waals surface area contributed by atoms with Crippen molar-refractivity contribution >= 4 is 29.9 Å². The molecule has 1 atom stereocenters. The number of rotatable bonds is 8. The molecule has 0 aliphatic carbocycles. The Balaban J connectivity index is 0.00000364. The minimum Gasteiger partial charge on any atom is -0.497 e. The minimum atomic E-state index is -0.634. The van der Waals surface area contributed by atoms with Gasteiger partial charge in [0.25, 0.3) is 0 Å². The van der Waals surface area contributed by atoms with E-state index in [-0.39, 0.29) is 24.0 Å². The van der Waals surface area contributed by atoms with Crippen molar-refractivity contribution in [1.82, 2.24) is 10.6 Å². The van der Waals surface area contributed by atoms with Crippen LogP contribution in [-0.4, -0.2) is 38.4 Å². The summed E-state index contributed by atoms with van der Waals surface area (Å²) in [6, 6.07) is 15.2. The molecule has 0 saturated carbocycles. The summed E-state index contributed by atoms with van der Waals surface area (Å²) in [7, 11) is 3.27. The molecular formula is C20H28IN3O3. The van der Waals surface area contributed by atoms with Crippen LogP contribution >= 0.6 is 24.0 Å². The van der Waals surface area contributed by atoms with E-state index in [0.29, 0.717) is 19.0 Å². The van der Waals surface area contributed by atoms with E-state index in [9.17, 15) is 5.11 Å². The minimum absolute atomic E-state index is 0. The van der Waals surface area contributed by atoms with E-state index < -0.39 is 6.10 Å². The van der Waals surface area contributed by atoms with E-state index in [1.54, 1.807) is 14.2 Å². The van der Waals surface area contributed by atoms with Crippen molar-refractivity contribution in [2.75, 3.05) is 27.3 Å². The highest BCUT2D eigenvalue weighted by Crippen LogP contribution is 2.17. The van der Waals surface area contributed by atoms with E-state index in [4.69, 9.17) is 9.47 Å². The van der Waals surface area contributed by atoms with Crippen LogP contribution in [0.1, 0.15) is 24.2 Å². The molecule has 6 nitrogen and oxygen atoms in total. The predicted molar refractivity (Wildman–Crippen MR) is 119 cm³/mol.